The first-order chi connectivity index (χ1) is 8.52. The quantitative estimate of drug-likeness (QED) is 0.484. The zero-order valence-corrected chi connectivity index (χ0v) is 9.94. The largest absolute Gasteiger partial charge is 0.480 e. The van der Waals surface area contributed by atoms with Gasteiger partial charge in [-0.15, -0.1) is 6.58 Å². The van der Waals surface area contributed by atoms with E-state index in [0.717, 1.165) is 0 Å². The van der Waals surface area contributed by atoms with Crippen LogP contribution in [0.3, 0.4) is 0 Å². The van der Waals surface area contributed by atoms with E-state index in [2.05, 4.69) is 22.5 Å². The highest BCUT2D eigenvalue weighted by atomic mass is 16.4. The molecule has 0 aromatic carbocycles. The number of urea groups is 1. The fraction of sp³-hybridized carbons (Fsp3) is 0.545. The van der Waals surface area contributed by atoms with Gasteiger partial charge in [0.2, 0.25) is 5.91 Å². The molecule has 2 atom stereocenters. The second kappa shape index (κ2) is 6.63. The number of carboxylic acid groups (broad SMARTS) is 1. The second-order valence-electron chi connectivity index (χ2n) is 4.07. The molecule has 3 amide bonds. The molecule has 0 aliphatic carbocycles. The van der Waals surface area contributed by atoms with Crippen molar-refractivity contribution in [1.29, 1.82) is 0 Å². The summed E-state index contributed by atoms with van der Waals surface area (Å²) < 4.78 is 0. The summed E-state index contributed by atoms with van der Waals surface area (Å²) in [7, 11) is 0. The van der Waals surface area contributed by atoms with E-state index in [-0.39, 0.29) is 24.9 Å². The molecule has 18 heavy (non-hydrogen) atoms. The Bertz CT molecular complexity index is 356. The number of rotatable bonds is 6. The molecule has 1 aliphatic heterocycles. The Balaban J connectivity index is 2.29. The maximum atomic E-state index is 11.4. The van der Waals surface area contributed by atoms with Gasteiger partial charge in [-0.2, -0.15) is 0 Å². The lowest BCUT2D eigenvalue weighted by Crippen LogP contribution is -2.48. The second-order valence-corrected chi connectivity index (χ2v) is 4.07. The summed E-state index contributed by atoms with van der Waals surface area (Å²) in [6.45, 7) is 3.71. The van der Waals surface area contributed by atoms with E-state index in [1.165, 1.54) is 6.08 Å². The summed E-state index contributed by atoms with van der Waals surface area (Å²) >= 11 is 0. The van der Waals surface area contributed by atoms with Crippen LogP contribution in [-0.2, 0) is 9.59 Å². The number of carboxylic acids is 1. The Morgan fingerprint density at radius 1 is 1.61 bits per heavy atom. The summed E-state index contributed by atoms with van der Waals surface area (Å²) in [6.07, 6.45) is 2.72. The molecule has 4 N–H and O–H groups in total. The molecule has 0 saturated carbocycles. The predicted octanol–water partition coefficient (Wildman–Crippen LogP) is -0.406. The van der Waals surface area contributed by atoms with Crippen molar-refractivity contribution >= 4 is 17.9 Å². The summed E-state index contributed by atoms with van der Waals surface area (Å²) in [5.74, 6) is -1.14. The molecular formula is C11H17N3O4. The molecule has 1 saturated heterocycles. The molecule has 1 rings (SSSR count). The molecular weight excluding hydrogens is 238 g/mol. The summed E-state index contributed by atoms with van der Waals surface area (Å²) in [6, 6.07) is -1.63. The van der Waals surface area contributed by atoms with E-state index >= 15 is 0 Å². The van der Waals surface area contributed by atoms with Crippen LogP contribution in [-0.4, -0.2) is 41.6 Å². The number of carbonyl (C=O) groups excluding carboxylic acids is 2. The molecule has 0 aromatic heterocycles. The van der Waals surface area contributed by atoms with Crippen molar-refractivity contribution in [3.05, 3.63) is 12.7 Å². The van der Waals surface area contributed by atoms with Gasteiger partial charge in [0.25, 0.3) is 0 Å². The first-order valence-electron chi connectivity index (χ1n) is 5.70. The van der Waals surface area contributed by atoms with Crippen molar-refractivity contribution in [3.8, 4) is 0 Å². The average molecular weight is 255 g/mol. The van der Waals surface area contributed by atoms with Crippen LogP contribution in [0.15, 0.2) is 12.7 Å². The molecule has 2 unspecified atom stereocenters. The minimum absolute atomic E-state index is 0.0303. The molecule has 1 aliphatic rings. The Hall–Kier alpha value is -2.05. The SMILES string of the molecule is C=CCC(NC(=O)NCC1CCC(=O)N1)C(=O)O. The van der Waals surface area contributed by atoms with E-state index in [9.17, 15) is 14.4 Å². The van der Waals surface area contributed by atoms with E-state index in [0.29, 0.717) is 12.8 Å². The molecule has 1 fully saturated rings. The fourth-order valence-electron chi connectivity index (χ4n) is 1.64. The fourth-order valence-corrected chi connectivity index (χ4v) is 1.64. The van der Waals surface area contributed by atoms with Crippen molar-refractivity contribution < 1.29 is 19.5 Å². The third-order valence-corrected chi connectivity index (χ3v) is 2.60. The molecule has 100 valence electrons. The van der Waals surface area contributed by atoms with Crippen LogP contribution in [0.2, 0.25) is 0 Å². The molecule has 0 bridgehead atoms. The number of hydrogen-bond acceptors (Lipinski definition) is 3. The highest BCUT2D eigenvalue weighted by molar-refractivity contribution is 5.83. The third kappa shape index (κ3) is 4.44. The van der Waals surface area contributed by atoms with Gasteiger partial charge in [0.05, 0.1) is 0 Å². The topological polar surface area (TPSA) is 108 Å². The molecule has 0 radical (unpaired) electrons. The smallest absolute Gasteiger partial charge is 0.326 e. The van der Waals surface area contributed by atoms with Crippen LogP contribution < -0.4 is 16.0 Å². The lowest BCUT2D eigenvalue weighted by atomic mass is 10.2. The normalized spacial score (nSPS) is 19.8. The van der Waals surface area contributed by atoms with E-state index in [1.807, 2.05) is 0 Å². The van der Waals surface area contributed by atoms with Gasteiger partial charge in [-0.1, -0.05) is 6.08 Å². The predicted molar refractivity (Wildman–Crippen MR) is 63.9 cm³/mol. The van der Waals surface area contributed by atoms with Crippen molar-refractivity contribution in [2.45, 2.75) is 31.3 Å². The summed E-state index contributed by atoms with van der Waals surface area (Å²) in [5.41, 5.74) is 0. The number of amides is 3. The summed E-state index contributed by atoms with van der Waals surface area (Å²) in [4.78, 5) is 33.1. The van der Waals surface area contributed by atoms with Crippen LogP contribution in [0.1, 0.15) is 19.3 Å². The standard InChI is InChI=1S/C11H17N3O4/c1-2-3-8(10(16)17)14-11(18)12-6-7-4-5-9(15)13-7/h2,7-8H,1,3-6H2,(H,13,15)(H,16,17)(H2,12,14,18). The minimum atomic E-state index is -1.11. The van der Waals surface area contributed by atoms with Gasteiger partial charge in [0, 0.05) is 19.0 Å². The van der Waals surface area contributed by atoms with E-state index < -0.39 is 18.0 Å². The van der Waals surface area contributed by atoms with E-state index in [4.69, 9.17) is 5.11 Å². The van der Waals surface area contributed by atoms with Gasteiger partial charge in [-0.3, -0.25) is 4.79 Å². The number of aliphatic carboxylic acids is 1. The maximum Gasteiger partial charge on any atom is 0.326 e. The van der Waals surface area contributed by atoms with Crippen LogP contribution in [0.5, 0.6) is 0 Å². The highest BCUT2D eigenvalue weighted by Gasteiger charge is 2.22. The lowest BCUT2D eigenvalue weighted by molar-refractivity contribution is -0.139. The van der Waals surface area contributed by atoms with Crippen molar-refractivity contribution in [2.24, 2.45) is 0 Å². The van der Waals surface area contributed by atoms with Crippen molar-refractivity contribution in [3.63, 3.8) is 0 Å². The number of carbonyl (C=O) groups is 3. The van der Waals surface area contributed by atoms with Gasteiger partial charge in [0.1, 0.15) is 6.04 Å². The van der Waals surface area contributed by atoms with Gasteiger partial charge in [0.15, 0.2) is 0 Å². The monoisotopic (exact) mass is 255 g/mol. The van der Waals surface area contributed by atoms with Crippen molar-refractivity contribution in [2.75, 3.05) is 6.54 Å². The van der Waals surface area contributed by atoms with Crippen LogP contribution >= 0.6 is 0 Å². The molecule has 0 spiro atoms. The van der Waals surface area contributed by atoms with Crippen LogP contribution in [0.25, 0.3) is 0 Å². The van der Waals surface area contributed by atoms with Gasteiger partial charge in [-0.05, 0) is 12.8 Å². The van der Waals surface area contributed by atoms with Crippen LogP contribution in [0.4, 0.5) is 4.79 Å². The Morgan fingerprint density at radius 2 is 2.33 bits per heavy atom. The average Bonchev–Trinajstić information content (AvgIpc) is 2.72. The molecule has 7 heteroatoms. The highest BCUT2D eigenvalue weighted by Crippen LogP contribution is 2.04. The molecule has 1 heterocycles. The third-order valence-electron chi connectivity index (χ3n) is 2.60. The first-order valence-corrected chi connectivity index (χ1v) is 5.70. The first kappa shape index (κ1) is 14.0. The van der Waals surface area contributed by atoms with E-state index in [1.54, 1.807) is 0 Å². The summed E-state index contributed by atoms with van der Waals surface area (Å²) in [5, 5.41) is 16.4. The number of hydrogen-bond donors (Lipinski definition) is 4. The lowest BCUT2D eigenvalue weighted by Gasteiger charge is -2.15. The molecule has 0 aromatic rings. The Kier molecular flexibility index (Phi) is 5.16. The van der Waals surface area contributed by atoms with Gasteiger partial charge in [-0.25, -0.2) is 9.59 Å². The zero-order chi connectivity index (χ0) is 13.5. The minimum Gasteiger partial charge on any atom is -0.480 e. The van der Waals surface area contributed by atoms with Gasteiger partial charge < -0.3 is 21.1 Å². The van der Waals surface area contributed by atoms with Gasteiger partial charge >= 0.3 is 12.0 Å². The van der Waals surface area contributed by atoms with Crippen molar-refractivity contribution in [1.82, 2.24) is 16.0 Å². The number of nitrogens with one attached hydrogen (secondary N) is 3. The maximum absolute atomic E-state index is 11.4. The Labute approximate surface area is 105 Å². The Morgan fingerprint density at radius 3 is 2.83 bits per heavy atom. The zero-order valence-electron chi connectivity index (χ0n) is 9.94. The molecule has 7 nitrogen and oxygen atoms in total. The van der Waals surface area contributed by atoms with Crippen LogP contribution in [0, 0.1) is 0 Å².